The number of nitrogens with zero attached hydrogens (tertiary/aromatic N) is 2. The number of thioether (sulfide) groups is 1. The van der Waals surface area contributed by atoms with E-state index in [2.05, 4.69) is 10.3 Å². The Hall–Kier alpha value is -2.63. The zero-order chi connectivity index (χ0) is 29.6. The van der Waals surface area contributed by atoms with Crippen LogP contribution in [-0.4, -0.2) is 45.8 Å². The summed E-state index contributed by atoms with van der Waals surface area (Å²) in [6, 6.07) is 11.1. The van der Waals surface area contributed by atoms with Gasteiger partial charge in [-0.25, -0.2) is 4.98 Å². The summed E-state index contributed by atoms with van der Waals surface area (Å²) in [5.41, 5.74) is 1.69. The van der Waals surface area contributed by atoms with Gasteiger partial charge in [0.2, 0.25) is 5.91 Å². The molecule has 2 amide bonds. The smallest absolute Gasteiger partial charge is 0.266 e. The highest BCUT2D eigenvalue weighted by atomic mass is 35.5. The van der Waals surface area contributed by atoms with Crippen LogP contribution in [0.1, 0.15) is 54.5 Å². The second kappa shape index (κ2) is 14.2. The number of rotatable bonds is 10. The lowest BCUT2D eigenvalue weighted by molar-refractivity contribution is -0.122. The summed E-state index contributed by atoms with van der Waals surface area (Å²) in [6.07, 6.45) is 10.1. The normalized spacial score (nSPS) is 16.7. The van der Waals surface area contributed by atoms with E-state index in [9.17, 15) is 9.59 Å². The van der Waals surface area contributed by atoms with Gasteiger partial charge in [0.25, 0.3) is 5.91 Å². The van der Waals surface area contributed by atoms with E-state index in [1.165, 1.54) is 47.3 Å². The van der Waals surface area contributed by atoms with Crippen LogP contribution in [0.2, 0.25) is 10.0 Å². The molecule has 1 saturated carbocycles. The third-order valence-corrected chi connectivity index (χ3v) is 10.1. The topological polar surface area (TPSA) is 80.8 Å². The van der Waals surface area contributed by atoms with Gasteiger partial charge in [0.15, 0.2) is 16.6 Å². The van der Waals surface area contributed by atoms with Crippen molar-refractivity contribution in [2.24, 2.45) is 0 Å². The number of nitrogens with one attached hydrogen (secondary N) is 1. The van der Waals surface area contributed by atoms with Gasteiger partial charge < -0.3 is 14.8 Å². The quantitative estimate of drug-likeness (QED) is 0.174. The Morgan fingerprint density at radius 1 is 1.19 bits per heavy atom. The molecule has 2 heterocycles. The van der Waals surface area contributed by atoms with E-state index < -0.39 is 0 Å². The number of anilines is 1. The highest BCUT2D eigenvalue weighted by molar-refractivity contribution is 8.26. The van der Waals surface area contributed by atoms with Crippen molar-refractivity contribution in [3.8, 4) is 11.5 Å². The molecule has 0 atom stereocenters. The molecule has 1 aromatic heterocycles. The molecule has 3 aromatic rings. The van der Waals surface area contributed by atoms with Crippen LogP contribution in [0.25, 0.3) is 6.08 Å². The fourth-order valence-electron chi connectivity index (χ4n) is 4.79. The highest BCUT2D eigenvalue weighted by Crippen LogP contribution is 2.36. The number of aromatic nitrogens is 1. The van der Waals surface area contributed by atoms with Crippen LogP contribution in [0.5, 0.6) is 11.5 Å². The average molecular weight is 663 g/mol. The molecule has 2 fully saturated rings. The second-order valence-electron chi connectivity index (χ2n) is 9.94. The van der Waals surface area contributed by atoms with Crippen LogP contribution in [0.3, 0.4) is 0 Å². The van der Waals surface area contributed by atoms with Crippen LogP contribution in [0.4, 0.5) is 5.13 Å². The largest absolute Gasteiger partial charge is 0.493 e. The summed E-state index contributed by atoms with van der Waals surface area (Å²) < 4.78 is 12.2. The first-order chi connectivity index (χ1) is 20.3. The van der Waals surface area contributed by atoms with E-state index in [1.54, 1.807) is 25.4 Å². The fraction of sp³-hybridized carbons (Fsp3) is 0.333. The molecule has 12 heteroatoms. The standard InChI is InChI=1S/C30H29Cl2N3O4S3/c1-38-24-14-18(10-11-23(24)39-20-7-3-2-4-8-20)15-25-28(37)35(30(40)42-25)13-12-26(36)34-29-33-17-21(41-29)16-19-6-5-9-22(31)27(19)32/h5-6,9-11,14-15,17,20H,2-4,7-8,12-13,16H2,1H3,(H,33,34,36)/b25-15-. The molecule has 1 N–H and O–H groups in total. The van der Waals surface area contributed by atoms with Gasteiger partial charge in [-0.3, -0.25) is 14.5 Å². The molecule has 0 unspecified atom stereocenters. The molecule has 42 heavy (non-hydrogen) atoms. The van der Waals surface area contributed by atoms with Crippen LogP contribution in [-0.2, 0) is 16.0 Å². The van der Waals surface area contributed by atoms with Gasteiger partial charge in [0.1, 0.15) is 4.32 Å². The number of thiazole rings is 1. The van der Waals surface area contributed by atoms with Gasteiger partial charge >= 0.3 is 0 Å². The maximum absolute atomic E-state index is 13.1. The molecule has 7 nitrogen and oxygen atoms in total. The lowest BCUT2D eigenvalue weighted by Gasteiger charge is -2.24. The number of hydrogen-bond acceptors (Lipinski definition) is 8. The first-order valence-corrected chi connectivity index (χ1v) is 16.4. The number of halogens is 2. The maximum atomic E-state index is 13.1. The highest BCUT2D eigenvalue weighted by Gasteiger charge is 2.32. The number of carbonyl (C=O) groups excluding carboxylic acids is 2. The summed E-state index contributed by atoms with van der Waals surface area (Å²) in [6.45, 7) is 0.168. The Labute approximate surface area is 268 Å². The van der Waals surface area contributed by atoms with Crippen molar-refractivity contribution in [2.75, 3.05) is 19.0 Å². The van der Waals surface area contributed by atoms with Gasteiger partial charge in [0, 0.05) is 30.5 Å². The summed E-state index contributed by atoms with van der Waals surface area (Å²) in [5.74, 6) is 0.852. The van der Waals surface area contributed by atoms with E-state index in [-0.39, 0.29) is 30.9 Å². The van der Waals surface area contributed by atoms with Crippen molar-refractivity contribution >= 4 is 85.9 Å². The predicted octanol–water partition coefficient (Wildman–Crippen LogP) is 7.99. The maximum Gasteiger partial charge on any atom is 0.266 e. The van der Waals surface area contributed by atoms with E-state index in [0.29, 0.717) is 42.3 Å². The van der Waals surface area contributed by atoms with Crippen molar-refractivity contribution in [2.45, 2.75) is 51.0 Å². The Kier molecular flexibility index (Phi) is 10.4. The first-order valence-electron chi connectivity index (χ1n) is 13.6. The number of ether oxygens (including phenoxy) is 2. The first kappa shape index (κ1) is 30.8. The molecule has 2 aromatic carbocycles. The average Bonchev–Trinajstić information content (AvgIpc) is 3.53. The number of benzene rings is 2. The Balaban J connectivity index is 1.15. The Morgan fingerprint density at radius 2 is 2.00 bits per heavy atom. The zero-order valence-corrected chi connectivity index (χ0v) is 26.8. The van der Waals surface area contributed by atoms with Crippen LogP contribution >= 0.6 is 58.5 Å². The number of amides is 2. The van der Waals surface area contributed by atoms with Gasteiger partial charge in [-0.2, -0.15) is 0 Å². The van der Waals surface area contributed by atoms with Crippen molar-refractivity contribution in [1.82, 2.24) is 9.88 Å². The number of methoxy groups -OCH3 is 1. The molecule has 1 aliphatic heterocycles. The van der Waals surface area contributed by atoms with Crippen molar-refractivity contribution in [3.63, 3.8) is 0 Å². The van der Waals surface area contributed by atoms with E-state index in [1.807, 2.05) is 30.3 Å². The fourth-order valence-corrected chi connectivity index (χ4v) is 7.34. The van der Waals surface area contributed by atoms with Gasteiger partial charge in [-0.15, -0.1) is 11.3 Å². The Morgan fingerprint density at radius 3 is 2.79 bits per heavy atom. The number of carbonyl (C=O) groups is 2. The molecular formula is C30H29Cl2N3O4S3. The molecule has 0 radical (unpaired) electrons. The molecule has 0 bridgehead atoms. The summed E-state index contributed by atoms with van der Waals surface area (Å²) in [5, 5.41) is 4.29. The number of hydrogen-bond donors (Lipinski definition) is 1. The zero-order valence-electron chi connectivity index (χ0n) is 22.9. The lowest BCUT2D eigenvalue weighted by Crippen LogP contribution is -2.31. The van der Waals surface area contributed by atoms with Crippen LogP contribution in [0.15, 0.2) is 47.5 Å². The van der Waals surface area contributed by atoms with Gasteiger partial charge in [-0.1, -0.05) is 71.8 Å². The molecule has 1 saturated heterocycles. The summed E-state index contributed by atoms with van der Waals surface area (Å²) >= 11 is 20.4. The monoisotopic (exact) mass is 661 g/mol. The minimum atomic E-state index is -0.256. The second-order valence-corrected chi connectivity index (χ2v) is 13.5. The Bertz CT molecular complexity index is 1520. The van der Waals surface area contributed by atoms with Gasteiger partial charge in [-0.05, 0) is 61.1 Å². The van der Waals surface area contributed by atoms with Crippen LogP contribution in [0, 0.1) is 0 Å². The molecule has 0 spiro atoms. The van der Waals surface area contributed by atoms with Crippen molar-refractivity contribution < 1.29 is 19.1 Å². The minimum Gasteiger partial charge on any atom is -0.493 e. The molecule has 220 valence electrons. The van der Waals surface area contributed by atoms with Gasteiger partial charge in [0.05, 0.1) is 28.2 Å². The molecule has 2 aliphatic rings. The van der Waals surface area contributed by atoms with Crippen LogP contribution < -0.4 is 14.8 Å². The SMILES string of the molecule is COc1cc(/C=C2\SC(=S)N(CCC(=O)Nc3ncc(Cc4cccc(Cl)c4Cl)s3)C2=O)ccc1OC1CCCCC1. The predicted molar refractivity (Wildman–Crippen MR) is 175 cm³/mol. The number of thiocarbonyl (C=S) groups is 1. The van der Waals surface area contributed by atoms with Crippen molar-refractivity contribution in [1.29, 1.82) is 0 Å². The van der Waals surface area contributed by atoms with Crippen molar-refractivity contribution in [3.05, 3.63) is 73.5 Å². The van der Waals surface area contributed by atoms with E-state index >= 15 is 0 Å². The summed E-state index contributed by atoms with van der Waals surface area (Å²) in [4.78, 5) is 33.0. The molecule has 1 aliphatic carbocycles. The van der Waals surface area contributed by atoms with E-state index in [0.717, 1.165) is 28.8 Å². The third-order valence-electron chi connectivity index (χ3n) is 6.96. The lowest BCUT2D eigenvalue weighted by atomic mass is 9.98. The third kappa shape index (κ3) is 7.65. The van der Waals surface area contributed by atoms with E-state index in [4.69, 9.17) is 44.9 Å². The molecule has 5 rings (SSSR count). The molecular weight excluding hydrogens is 633 g/mol. The minimum absolute atomic E-state index is 0.0791. The summed E-state index contributed by atoms with van der Waals surface area (Å²) in [7, 11) is 1.61.